The van der Waals surface area contributed by atoms with Crippen molar-refractivity contribution in [3.63, 3.8) is 0 Å². The highest BCUT2D eigenvalue weighted by Gasteiger charge is 2.18. The van der Waals surface area contributed by atoms with Crippen LogP contribution >= 0.6 is 0 Å². The molecule has 3 heteroatoms. The van der Waals surface area contributed by atoms with E-state index < -0.39 is 0 Å². The molecule has 1 aliphatic heterocycles. The van der Waals surface area contributed by atoms with Crippen LogP contribution in [0.1, 0.15) is 0 Å². The predicted octanol–water partition coefficient (Wildman–Crippen LogP) is 2.17. The fourth-order valence-electron chi connectivity index (χ4n) is 2.65. The highest BCUT2D eigenvalue weighted by molar-refractivity contribution is 6.00. The zero-order valence-electron chi connectivity index (χ0n) is 10.8. The first-order valence-electron chi connectivity index (χ1n) is 6.46. The quantitative estimate of drug-likeness (QED) is 0.777. The summed E-state index contributed by atoms with van der Waals surface area (Å²) in [4.78, 5) is 4.77. The highest BCUT2D eigenvalue weighted by atomic mass is 15.3. The summed E-state index contributed by atoms with van der Waals surface area (Å²) >= 11 is 0. The molecule has 94 valence electrons. The van der Waals surface area contributed by atoms with Crippen LogP contribution in [-0.2, 0) is 0 Å². The van der Waals surface area contributed by atoms with Gasteiger partial charge in [0, 0.05) is 31.6 Å². The number of nitrogen functional groups attached to an aromatic ring is 1. The molecule has 0 bridgehead atoms. The van der Waals surface area contributed by atoms with Crippen LogP contribution in [0.15, 0.2) is 36.4 Å². The van der Waals surface area contributed by atoms with Gasteiger partial charge in [0.15, 0.2) is 0 Å². The number of piperazine rings is 1. The zero-order valence-corrected chi connectivity index (χ0v) is 10.8. The normalized spacial score (nSPS) is 17.3. The summed E-state index contributed by atoms with van der Waals surface area (Å²) in [6.07, 6.45) is 0. The molecule has 0 saturated carbocycles. The third-order valence-corrected chi connectivity index (χ3v) is 3.75. The van der Waals surface area contributed by atoms with Gasteiger partial charge in [-0.05, 0) is 18.5 Å². The lowest BCUT2D eigenvalue weighted by molar-refractivity contribution is 0.313. The molecular weight excluding hydrogens is 222 g/mol. The maximum absolute atomic E-state index is 6.20. The SMILES string of the molecule is CN1CCN(c2c(N)ccc3ccccc23)CC1. The van der Waals surface area contributed by atoms with Crippen LogP contribution in [-0.4, -0.2) is 38.1 Å². The minimum absolute atomic E-state index is 0.887. The van der Waals surface area contributed by atoms with Gasteiger partial charge in [0.05, 0.1) is 11.4 Å². The Bertz CT molecular complexity index is 557. The summed E-state index contributed by atoms with van der Waals surface area (Å²) in [5, 5.41) is 2.53. The van der Waals surface area contributed by atoms with E-state index in [1.165, 1.54) is 16.5 Å². The third-order valence-electron chi connectivity index (χ3n) is 3.75. The van der Waals surface area contributed by atoms with Gasteiger partial charge in [-0.15, -0.1) is 0 Å². The van der Waals surface area contributed by atoms with Crippen molar-refractivity contribution < 1.29 is 0 Å². The molecule has 1 aliphatic rings. The fourth-order valence-corrected chi connectivity index (χ4v) is 2.65. The van der Waals surface area contributed by atoms with Crippen molar-refractivity contribution in [3.8, 4) is 0 Å². The summed E-state index contributed by atoms with van der Waals surface area (Å²) < 4.78 is 0. The van der Waals surface area contributed by atoms with E-state index in [9.17, 15) is 0 Å². The minimum Gasteiger partial charge on any atom is -0.397 e. The van der Waals surface area contributed by atoms with Crippen molar-refractivity contribution >= 4 is 22.1 Å². The smallest absolute Gasteiger partial charge is 0.0680 e. The first kappa shape index (κ1) is 11.4. The average Bonchev–Trinajstić information content (AvgIpc) is 2.40. The minimum atomic E-state index is 0.887. The molecule has 0 aromatic heterocycles. The molecule has 2 aromatic carbocycles. The Hall–Kier alpha value is -1.74. The Balaban J connectivity index is 2.07. The maximum Gasteiger partial charge on any atom is 0.0680 e. The third kappa shape index (κ3) is 1.91. The van der Waals surface area contributed by atoms with Gasteiger partial charge in [-0.2, -0.15) is 0 Å². The number of nitrogens with two attached hydrogens (primary N) is 1. The van der Waals surface area contributed by atoms with Crippen molar-refractivity contribution in [2.24, 2.45) is 0 Å². The molecule has 0 atom stereocenters. The van der Waals surface area contributed by atoms with Crippen molar-refractivity contribution in [1.82, 2.24) is 4.90 Å². The highest BCUT2D eigenvalue weighted by Crippen LogP contribution is 2.33. The number of hydrogen-bond acceptors (Lipinski definition) is 3. The van der Waals surface area contributed by atoms with Gasteiger partial charge < -0.3 is 15.5 Å². The van der Waals surface area contributed by atoms with E-state index in [-0.39, 0.29) is 0 Å². The molecule has 3 rings (SSSR count). The summed E-state index contributed by atoms with van der Waals surface area (Å²) in [7, 11) is 2.17. The van der Waals surface area contributed by atoms with E-state index in [1.54, 1.807) is 0 Å². The van der Waals surface area contributed by atoms with E-state index >= 15 is 0 Å². The molecule has 2 N–H and O–H groups in total. The van der Waals surface area contributed by atoms with Crippen molar-refractivity contribution in [2.45, 2.75) is 0 Å². The Morgan fingerprint density at radius 1 is 0.944 bits per heavy atom. The number of benzene rings is 2. The number of hydrogen-bond donors (Lipinski definition) is 1. The summed E-state index contributed by atoms with van der Waals surface area (Å²) in [5.41, 5.74) is 8.29. The van der Waals surface area contributed by atoms with Gasteiger partial charge in [0.2, 0.25) is 0 Å². The molecule has 1 heterocycles. The molecule has 2 aromatic rings. The van der Waals surface area contributed by atoms with E-state index in [2.05, 4.69) is 47.2 Å². The summed E-state index contributed by atoms with van der Waals surface area (Å²) in [5.74, 6) is 0. The van der Waals surface area contributed by atoms with Crippen LogP contribution in [0.2, 0.25) is 0 Å². The Labute approximate surface area is 108 Å². The lowest BCUT2D eigenvalue weighted by Gasteiger charge is -2.35. The standard InChI is InChI=1S/C15H19N3/c1-17-8-10-18(11-9-17)15-13-5-3-2-4-12(13)6-7-14(15)16/h2-7H,8-11,16H2,1H3. The molecule has 0 unspecified atom stereocenters. The molecule has 0 amide bonds. The maximum atomic E-state index is 6.20. The van der Waals surface area contributed by atoms with Crippen LogP contribution in [0.4, 0.5) is 11.4 Å². The molecule has 0 aliphatic carbocycles. The Kier molecular flexibility index (Phi) is 2.84. The number of likely N-dealkylation sites (N-methyl/N-ethyl adjacent to an activating group) is 1. The van der Waals surface area contributed by atoms with Crippen LogP contribution in [0.25, 0.3) is 10.8 Å². The van der Waals surface area contributed by atoms with Crippen molar-refractivity contribution in [3.05, 3.63) is 36.4 Å². The van der Waals surface area contributed by atoms with E-state index in [0.717, 1.165) is 31.9 Å². The largest absolute Gasteiger partial charge is 0.397 e. The van der Waals surface area contributed by atoms with Gasteiger partial charge in [-0.3, -0.25) is 0 Å². The summed E-state index contributed by atoms with van der Waals surface area (Å²) in [6.45, 7) is 4.30. The van der Waals surface area contributed by atoms with Gasteiger partial charge in [0.1, 0.15) is 0 Å². The first-order valence-corrected chi connectivity index (χ1v) is 6.46. The molecule has 3 nitrogen and oxygen atoms in total. The second-order valence-electron chi connectivity index (χ2n) is 5.01. The second kappa shape index (κ2) is 4.50. The molecule has 1 saturated heterocycles. The topological polar surface area (TPSA) is 32.5 Å². The number of nitrogens with zero attached hydrogens (tertiary/aromatic N) is 2. The van der Waals surface area contributed by atoms with Crippen LogP contribution in [0.3, 0.4) is 0 Å². The summed E-state index contributed by atoms with van der Waals surface area (Å²) in [6, 6.07) is 12.6. The van der Waals surface area contributed by atoms with Gasteiger partial charge in [-0.25, -0.2) is 0 Å². The fraction of sp³-hybridized carbons (Fsp3) is 0.333. The van der Waals surface area contributed by atoms with Crippen LogP contribution in [0, 0.1) is 0 Å². The monoisotopic (exact) mass is 241 g/mol. The lowest BCUT2D eigenvalue weighted by atomic mass is 10.1. The molecule has 18 heavy (non-hydrogen) atoms. The van der Waals surface area contributed by atoms with E-state index in [1.807, 2.05) is 6.07 Å². The second-order valence-corrected chi connectivity index (χ2v) is 5.01. The van der Waals surface area contributed by atoms with E-state index in [0.29, 0.717) is 0 Å². The average molecular weight is 241 g/mol. The zero-order chi connectivity index (χ0) is 12.5. The van der Waals surface area contributed by atoms with Crippen molar-refractivity contribution in [2.75, 3.05) is 43.9 Å². The van der Waals surface area contributed by atoms with Gasteiger partial charge >= 0.3 is 0 Å². The number of fused-ring (bicyclic) bond motifs is 1. The molecule has 1 fully saturated rings. The number of anilines is 2. The molecule has 0 radical (unpaired) electrons. The predicted molar refractivity (Wildman–Crippen MR) is 78.1 cm³/mol. The van der Waals surface area contributed by atoms with Crippen LogP contribution in [0.5, 0.6) is 0 Å². The molecule has 0 spiro atoms. The number of rotatable bonds is 1. The lowest BCUT2D eigenvalue weighted by Crippen LogP contribution is -2.44. The van der Waals surface area contributed by atoms with Gasteiger partial charge in [-0.1, -0.05) is 30.3 Å². The first-order chi connectivity index (χ1) is 8.75. The Morgan fingerprint density at radius 3 is 2.44 bits per heavy atom. The van der Waals surface area contributed by atoms with Gasteiger partial charge in [0.25, 0.3) is 0 Å². The van der Waals surface area contributed by atoms with Crippen molar-refractivity contribution in [1.29, 1.82) is 0 Å². The molecular formula is C15H19N3. The van der Waals surface area contributed by atoms with Crippen LogP contribution < -0.4 is 10.6 Å². The Morgan fingerprint density at radius 2 is 1.67 bits per heavy atom. The van der Waals surface area contributed by atoms with E-state index in [4.69, 9.17) is 5.73 Å².